The zero-order chi connectivity index (χ0) is 21.3. The SMILES string of the molecule is O=C(OC(=C(N=Nc1ccccc1)c1ccccc1)c1ccccc1)c1ccccc1. The number of rotatable bonds is 6. The highest BCUT2D eigenvalue weighted by atomic mass is 16.5. The van der Waals surface area contributed by atoms with Crippen LogP contribution in [-0.2, 0) is 4.74 Å². The molecule has 0 bridgehead atoms. The number of ether oxygens (including phenoxy) is 1. The third kappa shape index (κ3) is 5.19. The third-order valence-electron chi connectivity index (χ3n) is 4.52. The lowest BCUT2D eigenvalue weighted by Gasteiger charge is -2.13. The van der Waals surface area contributed by atoms with E-state index in [0.717, 1.165) is 11.1 Å². The van der Waals surface area contributed by atoms with Gasteiger partial charge >= 0.3 is 5.97 Å². The number of nitrogens with zero attached hydrogens (tertiary/aromatic N) is 2. The van der Waals surface area contributed by atoms with E-state index in [1.807, 2.05) is 97.1 Å². The standard InChI is InChI=1S/C27H20N2O2/c30-27(23-17-9-3-10-18-23)31-26(22-15-7-2-8-16-22)25(21-13-5-1-6-14-21)29-28-24-19-11-4-12-20-24/h1-20H. The molecule has 150 valence electrons. The minimum atomic E-state index is -0.456. The van der Waals surface area contributed by atoms with Crippen LogP contribution in [-0.4, -0.2) is 5.97 Å². The third-order valence-corrected chi connectivity index (χ3v) is 4.52. The van der Waals surface area contributed by atoms with Crippen molar-refractivity contribution >= 4 is 23.1 Å². The predicted octanol–water partition coefficient (Wildman–Crippen LogP) is 7.15. The molecular formula is C27H20N2O2. The van der Waals surface area contributed by atoms with Gasteiger partial charge in [0.25, 0.3) is 0 Å². The van der Waals surface area contributed by atoms with Gasteiger partial charge < -0.3 is 4.74 Å². The molecule has 4 nitrogen and oxygen atoms in total. The number of hydrogen-bond acceptors (Lipinski definition) is 4. The zero-order valence-electron chi connectivity index (χ0n) is 16.8. The van der Waals surface area contributed by atoms with Gasteiger partial charge in [0.1, 0.15) is 5.70 Å². The molecule has 4 heteroatoms. The Morgan fingerprint density at radius 1 is 0.548 bits per heavy atom. The van der Waals surface area contributed by atoms with Crippen molar-refractivity contribution in [3.05, 3.63) is 138 Å². The summed E-state index contributed by atoms with van der Waals surface area (Å²) in [5.74, 6) is -0.108. The molecule has 0 fully saturated rings. The summed E-state index contributed by atoms with van der Waals surface area (Å²) in [6, 6.07) is 37.4. The van der Waals surface area contributed by atoms with Crippen LogP contribution < -0.4 is 0 Å². The van der Waals surface area contributed by atoms with E-state index in [9.17, 15) is 4.79 Å². The van der Waals surface area contributed by atoms with E-state index in [-0.39, 0.29) is 0 Å². The summed E-state index contributed by atoms with van der Waals surface area (Å²) in [5.41, 5.74) is 3.17. The minimum absolute atomic E-state index is 0.348. The van der Waals surface area contributed by atoms with E-state index >= 15 is 0 Å². The summed E-state index contributed by atoms with van der Waals surface area (Å²) < 4.78 is 5.91. The molecule has 0 atom stereocenters. The first-order chi connectivity index (χ1) is 15.3. The average molecular weight is 404 g/mol. The molecule has 0 aliphatic rings. The normalized spacial score (nSPS) is 11.7. The van der Waals surface area contributed by atoms with E-state index in [2.05, 4.69) is 10.2 Å². The van der Waals surface area contributed by atoms with Crippen LogP contribution in [0.3, 0.4) is 0 Å². The second-order valence-corrected chi connectivity index (χ2v) is 6.70. The molecule has 0 N–H and O–H groups in total. The van der Waals surface area contributed by atoms with E-state index in [4.69, 9.17) is 4.74 Å². The molecular weight excluding hydrogens is 384 g/mol. The van der Waals surface area contributed by atoms with Gasteiger partial charge in [0.2, 0.25) is 0 Å². The first-order valence-corrected chi connectivity index (χ1v) is 9.90. The van der Waals surface area contributed by atoms with Gasteiger partial charge in [0.15, 0.2) is 5.76 Å². The number of carbonyl (C=O) groups is 1. The Morgan fingerprint density at radius 3 is 1.55 bits per heavy atom. The Morgan fingerprint density at radius 2 is 1.00 bits per heavy atom. The van der Waals surface area contributed by atoms with Gasteiger partial charge in [-0.1, -0.05) is 97.1 Å². The van der Waals surface area contributed by atoms with E-state index in [1.54, 1.807) is 24.3 Å². The molecule has 0 spiro atoms. The summed E-state index contributed by atoms with van der Waals surface area (Å²) in [5, 5.41) is 8.90. The average Bonchev–Trinajstić information content (AvgIpc) is 2.86. The van der Waals surface area contributed by atoms with Crippen LogP contribution in [0.5, 0.6) is 0 Å². The number of esters is 1. The van der Waals surface area contributed by atoms with Crippen LogP contribution in [0.15, 0.2) is 132 Å². The Hall–Kier alpha value is -4.31. The molecule has 0 unspecified atom stereocenters. The van der Waals surface area contributed by atoms with Crippen molar-refractivity contribution in [2.75, 3.05) is 0 Å². The smallest absolute Gasteiger partial charge is 0.343 e. The summed E-state index contributed by atoms with van der Waals surface area (Å²) >= 11 is 0. The molecule has 4 rings (SSSR count). The van der Waals surface area contributed by atoms with Gasteiger partial charge in [-0.05, 0) is 24.3 Å². The first-order valence-electron chi connectivity index (χ1n) is 9.90. The van der Waals surface area contributed by atoms with Crippen LogP contribution in [0.25, 0.3) is 11.5 Å². The van der Waals surface area contributed by atoms with Crippen molar-refractivity contribution in [1.29, 1.82) is 0 Å². The van der Waals surface area contributed by atoms with E-state index in [1.165, 1.54) is 0 Å². The maximum atomic E-state index is 12.9. The predicted molar refractivity (Wildman–Crippen MR) is 123 cm³/mol. The monoisotopic (exact) mass is 404 g/mol. The van der Waals surface area contributed by atoms with Crippen LogP contribution in [0, 0.1) is 0 Å². The highest BCUT2D eigenvalue weighted by Gasteiger charge is 2.18. The van der Waals surface area contributed by atoms with Crippen molar-refractivity contribution < 1.29 is 9.53 Å². The van der Waals surface area contributed by atoms with Crippen LogP contribution >= 0.6 is 0 Å². The Balaban J connectivity index is 1.85. The van der Waals surface area contributed by atoms with Crippen LogP contribution in [0.2, 0.25) is 0 Å². The zero-order valence-corrected chi connectivity index (χ0v) is 16.8. The Bertz CT molecular complexity index is 1190. The maximum absolute atomic E-state index is 12.9. The Labute approximate surface area is 181 Å². The Kier molecular flexibility index (Phi) is 6.41. The van der Waals surface area contributed by atoms with Gasteiger partial charge in [0, 0.05) is 11.1 Å². The van der Waals surface area contributed by atoms with Gasteiger partial charge in [-0.15, -0.1) is 5.11 Å². The second-order valence-electron chi connectivity index (χ2n) is 6.70. The van der Waals surface area contributed by atoms with Gasteiger partial charge in [-0.3, -0.25) is 0 Å². The maximum Gasteiger partial charge on any atom is 0.343 e. The number of hydrogen-bond donors (Lipinski definition) is 0. The lowest BCUT2D eigenvalue weighted by molar-refractivity contribution is 0.0692. The minimum Gasteiger partial charge on any atom is -0.420 e. The first kappa shape index (κ1) is 20.0. The molecule has 31 heavy (non-hydrogen) atoms. The lowest BCUT2D eigenvalue weighted by atomic mass is 10.1. The lowest BCUT2D eigenvalue weighted by Crippen LogP contribution is -2.06. The fourth-order valence-electron chi connectivity index (χ4n) is 2.99. The summed E-state index contributed by atoms with van der Waals surface area (Å²) in [6.45, 7) is 0. The fraction of sp³-hybridized carbons (Fsp3) is 0. The molecule has 0 saturated carbocycles. The molecule has 0 saturated heterocycles. The van der Waals surface area contributed by atoms with Crippen molar-refractivity contribution in [2.45, 2.75) is 0 Å². The molecule has 0 aliphatic heterocycles. The molecule has 4 aromatic rings. The topological polar surface area (TPSA) is 51.0 Å². The van der Waals surface area contributed by atoms with Crippen molar-refractivity contribution in [3.63, 3.8) is 0 Å². The number of carbonyl (C=O) groups excluding carboxylic acids is 1. The van der Waals surface area contributed by atoms with E-state index < -0.39 is 5.97 Å². The number of azo groups is 1. The molecule has 4 aromatic carbocycles. The quantitative estimate of drug-likeness (QED) is 0.148. The number of benzene rings is 4. The van der Waals surface area contributed by atoms with Gasteiger partial charge in [0.05, 0.1) is 11.3 Å². The van der Waals surface area contributed by atoms with Gasteiger partial charge in [-0.2, -0.15) is 5.11 Å². The largest absolute Gasteiger partial charge is 0.420 e. The fourth-order valence-corrected chi connectivity index (χ4v) is 2.99. The molecule has 0 amide bonds. The molecule has 0 heterocycles. The summed E-state index contributed by atoms with van der Waals surface area (Å²) in [7, 11) is 0. The van der Waals surface area contributed by atoms with Crippen molar-refractivity contribution in [1.82, 2.24) is 0 Å². The van der Waals surface area contributed by atoms with Crippen LogP contribution in [0.4, 0.5) is 5.69 Å². The van der Waals surface area contributed by atoms with E-state index in [0.29, 0.717) is 22.7 Å². The van der Waals surface area contributed by atoms with Crippen LogP contribution in [0.1, 0.15) is 21.5 Å². The highest BCUT2D eigenvalue weighted by Crippen LogP contribution is 2.31. The molecule has 0 aliphatic carbocycles. The highest BCUT2D eigenvalue weighted by molar-refractivity contribution is 5.97. The second kappa shape index (κ2) is 9.94. The molecule has 0 radical (unpaired) electrons. The molecule has 0 aromatic heterocycles. The summed E-state index contributed by atoms with van der Waals surface area (Å²) in [6.07, 6.45) is 0. The summed E-state index contributed by atoms with van der Waals surface area (Å²) in [4.78, 5) is 12.9. The van der Waals surface area contributed by atoms with Crippen molar-refractivity contribution in [2.24, 2.45) is 10.2 Å². The van der Waals surface area contributed by atoms with Crippen molar-refractivity contribution in [3.8, 4) is 0 Å². The van der Waals surface area contributed by atoms with Gasteiger partial charge in [-0.25, -0.2) is 4.79 Å².